The Balaban J connectivity index is 1.56. The fourth-order valence-electron chi connectivity index (χ4n) is 5.07. The SMILES string of the molecule is COc1ccccc1[C@@]1(CC[NH2+]CCC[NH+]2CCOCC2)CCOC(C)(C)C1. The number of ether oxygens (including phenoxy) is 3. The number of hydrogen-bond donors (Lipinski definition) is 2. The summed E-state index contributed by atoms with van der Waals surface area (Å²) < 4.78 is 17.3. The molecule has 5 heteroatoms. The zero-order chi connectivity index (χ0) is 19.9. The molecule has 0 saturated carbocycles. The van der Waals surface area contributed by atoms with Crippen molar-refractivity contribution in [3.05, 3.63) is 29.8 Å². The number of methoxy groups -OCH3 is 1. The summed E-state index contributed by atoms with van der Waals surface area (Å²) in [7, 11) is 1.79. The number of rotatable bonds is 9. The Labute approximate surface area is 170 Å². The molecule has 5 nitrogen and oxygen atoms in total. The molecule has 0 unspecified atom stereocenters. The second kappa shape index (κ2) is 10.1. The van der Waals surface area contributed by atoms with Gasteiger partial charge in [-0.2, -0.15) is 0 Å². The van der Waals surface area contributed by atoms with Gasteiger partial charge in [0.15, 0.2) is 0 Å². The first-order chi connectivity index (χ1) is 13.5. The van der Waals surface area contributed by atoms with Crippen molar-refractivity contribution in [1.82, 2.24) is 0 Å². The van der Waals surface area contributed by atoms with Gasteiger partial charge in [0, 0.05) is 30.4 Å². The van der Waals surface area contributed by atoms with Crippen molar-refractivity contribution in [3.8, 4) is 5.75 Å². The first-order valence-corrected chi connectivity index (χ1v) is 11.1. The number of quaternary nitrogens is 2. The van der Waals surface area contributed by atoms with Crippen molar-refractivity contribution in [3.63, 3.8) is 0 Å². The average molecular weight is 393 g/mol. The van der Waals surface area contributed by atoms with Gasteiger partial charge in [0.25, 0.3) is 0 Å². The Morgan fingerprint density at radius 1 is 1.11 bits per heavy atom. The maximum Gasteiger partial charge on any atom is 0.122 e. The van der Waals surface area contributed by atoms with E-state index < -0.39 is 0 Å². The second-order valence-corrected chi connectivity index (χ2v) is 9.10. The third-order valence-corrected chi connectivity index (χ3v) is 6.48. The van der Waals surface area contributed by atoms with Gasteiger partial charge in [0.05, 0.1) is 45.6 Å². The number of morpholine rings is 1. The third kappa shape index (κ3) is 5.69. The molecule has 0 aliphatic carbocycles. The summed E-state index contributed by atoms with van der Waals surface area (Å²) in [4.78, 5) is 1.70. The molecule has 0 aromatic heterocycles. The average Bonchev–Trinajstić information content (AvgIpc) is 2.70. The first-order valence-electron chi connectivity index (χ1n) is 11.1. The molecule has 1 aromatic rings. The number of nitrogens with two attached hydrogens (primary N) is 1. The van der Waals surface area contributed by atoms with Gasteiger partial charge in [-0.1, -0.05) is 18.2 Å². The quantitative estimate of drug-likeness (QED) is 0.611. The monoisotopic (exact) mass is 392 g/mol. The van der Waals surface area contributed by atoms with E-state index in [0.29, 0.717) is 0 Å². The van der Waals surface area contributed by atoms with Gasteiger partial charge in [-0.15, -0.1) is 0 Å². The van der Waals surface area contributed by atoms with Gasteiger partial charge in [0.2, 0.25) is 0 Å². The molecule has 3 N–H and O–H groups in total. The molecule has 2 fully saturated rings. The first kappa shape index (κ1) is 21.6. The molecule has 0 spiro atoms. The van der Waals surface area contributed by atoms with E-state index in [0.717, 1.165) is 45.0 Å². The van der Waals surface area contributed by atoms with E-state index in [1.165, 1.54) is 44.6 Å². The fraction of sp³-hybridized carbons (Fsp3) is 0.739. The lowest BCUT2D eigenvalue weighted by atomic mass is 9.67. The normalized spacial score (nSPS) is 25.5. The predicted octanol–water partition coefficient (Wildman–Crippen LogP) is 0.781. The van der Waals surface area contributed by atoms with E-state index >= 15 is 0 Å². The van der Waals surface area contributed by atoms with Crippen LogP contribution >= 0.6 is 0 Å². The van der Waals surface area contributed by atoms with Gasteiger partial charge >= 0.3 is 0 Å². The molecule has 28 heavy (non-hydrogen) atoms. The summed E-state index contributed by atoms with van der Waals surface area (Å²) in [5, 5.41) is 2.51. The van der Waals surface area contributed by atoms with E-state index in [9.17, 15) is 0 Å². The van der Waals surface area contributed by atoms with Crippen LogP contribution in [0.25, 0.3) is 0 Å². The number of para-hydroxylation sites is 1. The minimum absolute atomic E-state index is 0.0845. The van der Waals surface area contributed by atoms with Crippen molar-refractivity contribution in [1.29, 1.82) is 0 Å². The number of nitrogens with one attached hydrogen (secondary N) is 1. The third-order valence-electron chi connectivity index (χ3n) is 6.48. The van der Waals surface area contributed by atoms with Gasteiger partial charge in [-0.05, 0) is 32.8 Å². The molecule has 3 rings (SSSR count). The van der Waals surface area contributed by atoms with Crippen LogP contribution in [-0.4, -0.2) is 65.3 Å². The second-order valence-electron chi connectivity index (χ2n) is 9.10. The largest absolute Gasteiger partial charge is 0.496 e. The van der Waals surface area contributed by atoms with Gasteiger partial charge in [-0.3, -0.25) is 0 Å². The number of benzene rings is 1. The highest BCUT2D eigenvalue weighted by Gasteiger charge is 2.43. The van der Waals surface area contributed by atoms with Crippen LogP contribution in [0, 0.1) is 0 Å². The minimum atomic E-state index is -0.0845. The summed E-state index contributed by atoms with van der Waals surface area (Å²) in [6.07, 6.45) is 4.57. The van der Waals surface area contributed by atoms with Crippen molar-refractivity contribution in [2.75, 3.05) is 59.7 Å². The predicted molar refractivity (Wildman–Crippen MR) is 111 cm³/mol. The molecule has 158 valence electrons. The lowest BCUT2D eigenvalue weighted by molar-refractivity contribution is -0.909. The van der Waals surface area contributed by atoms with Crippen LogP contribution in [0.2, 0.25) is 0 Å². The van der Waals surface area contributed by atoms with Crippen LogP contribution in [0.4, 0.5) is 0 Å². The van der Waals surface area contributed by atoms with Crippen LogP contribution in [0.5, 0.6) is 5.75 Å². The molecular formula is C23H40N2O3+2. The van der Waals surface area contributed by atoms with E-state index in [1.807, 2.05) is 0 Å². The molecule has 2 aliphatic heterocycles. The van der Waals surface area contributed by atoms with Crippen LogP contribution in [0.15, 0.2) is 24.3 Å². The van der Waals surface area contributed by atoms with Crippen LogP contribution in [0.3, 0.4) is 0 Å². The Hall–Kier alpha value is -1.14. The summed E-state index contributed by atoms with van der Waals surface area (Å²) in [5.41, 5.74) is 1.42. The molecule has 0 bridgehead atoms. The standard InChI is InChI=1S/C23H38N2O3/c1-22(2)19-23(10-16-28-22,20-7-4-5-8-21(20)26-3)9-12-24-11-6-13-25-14-17-27-18-15-25/h4-5,7-8,24H,6,9-19H2,1-3H3/p+2/t23-/m0/s1. The lowest BCUT2D eigenvalue weighted by Gasteiger charge is -2.45. The molecule has 0 radical (unpaired) electrons. The van der Waals surface area contributed by atoms with Gasteiger partial charge < -0.3 is 24.4 Å². The van der Waals surface area contributed by atoms with Gasteiger partial charge in [0.1, 0.15) is 18.8 Å². The highest BCUT2D eigenvalue weighted by Crippen LogP contribution is 2.46. The summed E-state index contributed by atoms with van der Waals surface area (Å²) in [6, 6.07) is 8.59. The Bertz CT molecular complexity index is 601. The van der Waals surface area contributed by atoms with Crippen LogP contribution < -0.4 is 15.0 Å². The van der Waals surface area contributed by atoms with E-state index in [1.54, 1.807) is 12.0 Å². The van der Waals surface area contributed by atoms with E-state index in [-0.39, 0.29) is 11.0 Å². The lowest BCUT2D eigenvalue weighted by Crippen LogP contribution is -3.14. The molecule has 1 atom stereocenters. The van der Waals surface area contributed by atoms with E-state index in [2.05, 4.69) is 43.4 Å². The highest BCUT2D eigenvalue weighted by atomic mass is 16.5. The van der Waals surface area contributed by atoms with Crippen molar-refractivity contribution in [2.45, 2.75) is 50.5 Å². The topological polar surface area (TPSA) is 48.7 Å². The highest BCUT2D eigenvalue weighted by molar-refractivity contribution is 5.40. The molecule has 2 heterocycles. The number of hydrogen-bond acceptors (Lipinski definition) is 3. The Morgan fingerprint density at radius 2 is 1.89 bits per heavy atom. The molecule has 0 amide bonds. The summed E-state index contributed by atoms with van der Waals surface area (Å²) in [6.45, 7) is 13.1. The maximum absolute atomic E-state index is 6.06. The minimum Gasteiger partial charge on any atom is -0.496 e. The molecule has 1 aromatic carbocycles. The maximum atomic E-state index is 6.06. The summed E-state index contributed by atoms with van der Waals surface area (Å²) >= 11 is 0. The van der Waals surface area contributed by atoms with Crippen molar-refractivity contribution < 1.29 is 24.4 Å². The zero-order valence-corrected chi connectivity index (χ0v) is 18.1. The Kier molecular flexibility index (Phi) is 7.75. The van der Waals surface area contributed by atoms with Crippen LogP contribution in [-0.2, 0) is 14.9 Å². The van der Waals surface area contributed by atoms with Crippen LogP contribution in [0.1, 0.15) is 45.1 Å². The molecular weight excluding hydrogens is 352 g/mol. The molecule has 2 saturated heterocycles. The van der Waals surface area contributed by atoms with Crippen molar-refractivity contribution >= 4 is 0 Å². The van der Waals surface area contributed by atoms with Gasteiger partial charge in [-0.25, -0.2) is 0 Å². The zero-order valence-electron chi connectivity index (χ0n) is 18.1. The van der Waals surface area contributed by atoms with E-state index in [4.69, 9.17) is 14.2 Å². The Morgan fingerprint density at radius 3 is 2.64 bits per heavy atom. The fourth-order valence-corrected chi connectivity index (χ4v) is 5.07. The molecule has 2 aliphatic rings. The van der Waals surface area contributed by atoms with Crippen molar-refractivity contribution in [2.24, 2.45) is 0 Å². The summed E-state index contributed by atoms with van der Waals surface area (Å²) in [5.74, 6) is 1.02. The smallest absolute Gasteiger partial charge is 0.122 e.